The van der Waals surface area contributed by atoms with Crippen LogP contribution in [0.2, 0.25) is 0 Å². The average Bonchev–Trinajstić information content (AvgIpc) is 3.16. The largest absolute Gasteiger partial charge is 0.333 e. The molecule has 0 atom stereocenters. The average molecular weight is 491 g/mol. The van der Waals surface area contributed by atoms with Crippen molar-refractivity contribution in [3.8, 4) is 28.2 Å². The maximum absolute atomic E-state index is 13.9. The number of hydrogen-bond acceptors (Lipinski definition) is 3. The van der Waals surface area contributed by atoms with Crippen LogP contribution in [0.1, 0.15) is 32.1 Å². The van der Waals surface area contributed by atoms with Gasteiger partial charge in [0.1, 0.15) is 0 Å². The molecule has 0 aliphatic carbocycles. The first-order valence-electron chi connectivity index (χ1n) is 11.9. The van der Waals surface area contributed by atoms with Gasteiger partial charge in [0.2, 0.25) is 0 Å². The van der Waals surface area contributed by atoms with E-state index in [2.05, 4.69) is 0 Å². The van der Waals surface area contributed by atoms with Gasteiger partial charge in [-0.05, 0) is 25.0 Å². The highest BCUT2D eigenvalue weighted by atomic mass is 32.2. The summed E-state index contributed by atoms with van der Waals surface area (Å²) in [5.41, 5.74) is 4.43. The molecule has 6 nitrogen and oxygen atoms in total. The molecule has 0 aliphatic heterocycles. The van der Waals surface area contributed by atoms with Crippen molar-refractivity contribution >= 4 is 10.1 Å². The predicted molar refractivity (Wildman–Crippen MR) is 140 cm³/mol. The summed E-state index contributed by atoms with van der Waals surface area (Å²) in [6, 6.07) is 29.7. The summed E-state index contributed by atoms with van der Waals surface area (Å²) in [5.74, 6) is -0.203. The predicted octanol–water partition coefficient (Wildman–Crippen LogP) is 5.81. The molecule has 4 aromatic rings. The molecule has 35 heavy (non-hydrogen) atoms. The summed E-state index contributed by atoms with van der Waals surface area (Å²) in [5, 5.41) is 0. The Bertz CT molecular complexity index is 1390. The molecule has 0 saturated carbocycles. The Labute approximate surface area is 206 Å². The highest BCUT2D eigenvalue weighted by Crippen LogP contribution is 2.33. The molecule has 0 aliphatic rings. The second kappa shape index (κ2) is 11.3. The molecular weight excluding hydrogens is 460 g/mol. The fourth-order valence-corrected chi connectivity index (χ4v) is 4.97. The lowest BCUT2D eigenvalue weighted by Crippen LogP contribution is -2.24. The van der Waals surface area contributed by atoms with Gasteiger partial charge in [-0.15, -0.1) is 0 Å². The zero-order chi connectivity index (χ0) is 24.7. The van der Waals surface area contributed by atoms with Crippen molar-refractivity contribution in [2.75, 3.05) is 5.75 Å². The van der Waals surface area contributed by atoms with Crippen molar-refractivity contribution in [1.29, 1.82) is 0 Å². The number of benzene rings is 3. The van der Waals surface area contributed by atoms with Gasteiger partial charge < -0.3 is 0 Å². The second-order valence-electron chi connectivity index (χ2n) is 8.59. The Morgan fingerprint density at radius 1 is 0.629 bits per heavy atom. The molecule has 0 bridgehead atoms. The highest BCUT2D eigenvalue weighted by molar-refractivity contribution is 7.85. The third-order valence-corrected chi connectivity index (χ3v) is 6.84. The topological polar surface area (TPSA) is 81.3 Å². The molecule has 1 N–H and O–H groups in total. The van der Waals surface area contributed by atoms with Crippen molar-refractivity contribution in [2.45, 2.75) is 38.6 Å². The highest BCUT2D eigenvalue weighted by Gasteiger charge is 2.23. The van der Waals surface area contributed by atoms with Gasteiger partial charge in [0.05, 0.1) is 22.8 Å². The summed E-state index contributed by atoms with van der Waals surface area (Å²) >= 11 is 0. The number of rotatable bonds is 11. The minimum atomic E-state index is -3.90. The van der Waals surface area contributed by atoms with Crippen LogP contribution in [-0.2, 0) is 16.7 Å². The minimum absolute atomic E-state index is 0.0831. The van der Waals surface area contributed by atoms with Crippen LogP contribution in [0.25, 0.3) is 28.2 Å². The first-order valence-corrected chi connectivity index (χ1v) is 13.5. The number of hydrogen-bond donors (Lipinski definition) is 1. The van der Waals surface area contributed by atoms with Crippen molar-refractivity contribution in [3.05, 3.63) is 101 Å². The zero-order valence-electron chi connectivity index (χ0n) is 19.6. The molecule has 1 heterocycles. The van der Waals surface area contributed by atoms with Crippen LogP contribution >= 0.6 is 0 Å². The third kappa shape index (κ3) is 6.18. The van der Waals surface area contributed by atoms with E-state index in [4.69, 9.17) is 4.55 Å². The van der Waals surface area contributed by atoms with Gasteiger partial charge in [0.25, 0.3) is 10.1 Å². The van der Waals surface area contributed by atoms with Crippen molar-refractivity contribution in [3.63, 3.8) is 0 Å². The molecule has 0 saturated heterocycles. The molecule has 3 aromatic carbocycles. The SMILES string of the molecule is O=c1n(CCCCCCCS(=O)(=O)O)c(-c2ccccc2)c(-c2ccccc2)n1-c1ccccc1. The van der Waals surface area contributed by atoms with E-state index in [0.717, 1.165) is 53.9 Å². The molecule has 182 valence electrons. The molecular formula is C28H30N2O4S. The first-order chi connectivity index (χ1) is 17.0. The van der Waals surface area contributed by atoms with E-state index in [1.165, 1.54) is 0 Å². The van der Waals surface area contributed by atoms with Crippen molar-refractivity contribution < 1.29 is 13.0 Å². The van der Waals surface area contributed by atoms with Crippen LogP contribution in [0, 0.1) is 0 Å². The van der Waals surface area contributed by atoms with Gasteiger partial charge >= 0.3 is 5.69 Å². The molecule has 0 radical (unpaired) electrons. The second-order valence-corrected chi connectivity index (χ2v) is 10.2. The smallest absolute Gasteiger partial charge is 0.291 e. The number of imidazole rings is 1. The van der Waals surface area contributed by atoms with E-state index >= 15 is 0 Å². The quantitative estimate of drug-likeness (QED) is 0.212. The Balaban J connectivity index is 1.71. The fourth-order valence-electron chi connectivity index (χ4n) is 4.40. The Kier molecular flexibility index (Phi) is 8.00. The maximum Gasteiger partial charge on any atom is 0.333 e. The fraction of sp³-hybridized carbons (Fsp3) is 0.250. The van der Waals surface area contributed by atoms with Crippen LogP contribution in [-0.4, -0.2) is 27.9 Å². The van der Waals surface area contributed by atoms with Gasteiger partial charge in [-0.25, -0.2) is 4.79 Å². The molecule has 4 rings (SSSR count). The van der Waals surface area contributed by atoms with E-state index in [9.17, 15) is 13.2 Å². The normalized spacial score (nSPS) is 11.6. The van der Waals surface area contributed by atoms with Gasteiger partial charge in [-0.3, -0.25) is 13.7 Å². The molecule has 0 fully saturated rings. The van der Waals surface area contributed by atoms with Crippen LogP contribution in [0.15, 0.2) is 95.8 Å². The van der Waals surface area contributed by atoms with E-state index in [1.807, 2.05) is 95.6 Å². The van der Waals surface area contributed by atoms with Crippen LogP contribution < -0.4 is 5.69 Å². The lowest BCUT2D eigenvalue weighted by molar-refractivity contribution is 0.478. The summed E-state index contributed by atoms with van der Waals surface area (Å²) in [6.07, 6.45) is 3.66. The molecule has 0 amide bonds. The number of nitrogens with zero attached hydrogens (tertiary/aromatic N) is 2. The third-order valence-electron chi connectivity index (χ3n) is 6.03. The van der Waals surface area contributed by atoms with Crippen molar-refractivity contribution in [1.82, 2.24) is 9.13 Å². The standard InChI is InChI=1S/C28H30N2O4S/c31-28-29(21-13-2-1-3-14-22-35(32,33)34)26(23-15-7-4-8-16-23)27(24-17-9-5-10-18-24)30(28)25-19-11-6-12-20-25/h4-12,15-20H,1-3,13-14,21-22H2,(H,32,33,34). The molecule has 1 aromatic heterocycles. The summed E-state index contributed by atoms with van der Waals surface area (Å²) in [6.45, 7) is 0.557. The van der Waals surface area contributed by atoms with Crippen LogP contribution in [0.5, 0.6) is 0 Å². The Morgan fingerprint density at radius 3 is 1.69 bits per heavy atom. The monoisotopic (exact) mass is 490 g/mol. The van der Waals surface area contributed by atoms with E-state index in [1.54, 1.807) is 4.57 Å². The van der Waals surface area contributed by atoms with Crippen molar-refractivity contribution in [2.24, 2.45) is 0 Å². The number of unbranched alkanes of at least 4 members (excludes halogenated alkanes) is 4. The maximum atomic E-state index is 13.9. The first kappa shape index (κ1) is 24.7. The van der Waals surface area contributed by atoms with E-state index in [0.29, 0.717) is 13.0 Å². The Morgan fingerprint density at radius 2 is 1.11 bits per heavy atom. The lowest BCUT2D eigenvalue weighted by atomic mass is 10.0. The zero-order valence-corrected chi connectivity index (χ0v) is 20.4. The van der Waals surface area contributed by atoms with E-state index in [-0.39, 0.29) is 11.4 Å². The van der Waals surface area contributed by atoms with Gasteiger partial charge in [-0.2, -0.15) is 8.42 Å². The van der Waals surface area contributed by atoms with Gasteiger partial charge in [-0.1, -0.05) is 98.1 Å². The summed E-state index contributed by atoms with van der Waals surface area (Å²) in [4.78, 5) is 13.9. The molecule has 7 heteroatoms. The number of para-hydroxylation sites is 1. The van der Waals surface area contributed by atoms with Crippen LogP contribution in [0.4, 0.5) is 0 Å². The van der Waals surface area contributed by atoms with E-state index < -0.39 is 10.1 Å². The molecule has 0 unspecified atom stereocenters. The number of aromatic nitrogens is 2. The van der Waals surface area contributed by atoms with Crippen LogP contribution in [0.3, 0.4) is 0 Å². The Hall–Kier alpha value is -3.42. The summed E-state index contributed by atoms with van der Waals surface area (Å²) in [7, 11) is -3.90. The summed E-state index contributed by atoms with van der Waals surface area (Å²) < 4.78 is 34.3. The lowest BCUT2D eigenvalue weighted by Gasteiger charge is -2.12. The minimum Gasteiger partial charge on any atom is -0.291 e. The van der Waals surface area contributed by atoms with Gasteiger partial charge in [0, 0.05) is 17.7 Å². The van der Waals surface area contributed by atoms with Gasteiger partial charge in [0.15, 0.2) is 0 Å². The molecule has 0 spiro atoms.